The predicted molar refractivity (Wildman–Crippen MR) is 120 cm³/mol. The molecular formula is C23H29ClN4O. The summed E-state index contributed by atoms with van der Waals surface area (Å²) < 4.78 is 1.90. The van der Waals surface area contributed by atoms with Gasteiger partial charge in [-0.2, -0.15) is 5.10 Å². The van der Waals surface area contributed by atoms with Crippen molar-refractivity contribution >= 4 is 18.3 Å². The average Bonchev–Trinajstić information content (AvgIpc) is 3.20. The van der Waals surface area contributed by atoms with Gasteiger partial charge in [0.25, 0.3) is 0 Å². The Labute approximate surface area is 178 Å². The number of aromatic nitrogens is 2. The standard InChI is InChI=1S/C23H28N4O.ClH/c1-3-13-23(2,24)22(28)25-16-20-7-4-5-8-21(20)19-11-9-18(10-12-19)17-27-15-6-14-26-27;/h4-12,14-15H,3,13,16-17,24H2,1-2H3,(H,25,28);1H. The number of hydrogen-bond donors (Lipinski definition) is 2. The molecule has 0 aliphatic rings. The number of nitrogens with zero attached hydrogens (tertiary/aromatic N) is 2. The molecule has 0 aliphatic carbocycles. The lowest BCUT2D eigenvalue weighted by Gasteiger charge is -2.23. The summed E-state index contributed by atoms with van der Waals surface area (Å²) >= 11 is 0. The van der Waals surface area contributed by atoms with Gasteiger partial charge in [0.15, 0.2) is 0 Å². The van der Waals surface area contributed by atoms with Crippen molar-refractivity contribution in [2.75, 3.05) is 0 Å². The Morgan fingerprint density at radius 2 is 1.86 bits per heavy atom. The molecule has 0 fully saturated rings. The highest BCUT2D eigenvalue weighted by Crippen LogP contribution is 2.24. The fourth-order valence-electron chi connectivity index (χ4n) is 3.34. The molecule has 29 heavy (non-hydrogen) atoms. The minimum Gasteiger partial charge on any atom is -0.350 e. The summed E-state index contributed by atoms with van der Waals surface area (Å²) in [4.78, 5) is 12.4. The van der Waals surface area contributed by atoms with Crippen LogP contribution in [0.1, 0.15) is 37.8 Å². The van der Waals surface area contributed by atoms with Gasteiger partial charge in [-0.05, 0) is 41.7 Å². The zero-order chi connectivity index (χ0) is 20.0. The van der Waals surface area contributed by atoms with E-state index in [2.05, 4.69) is 40.7 Å². The molecule has 3 rings (SSSR count). The van der Waals surface area contributed by atoms with Crippen molar-refractivity contribution in [1.82, 2.24) is 15.1 Å². The fourth-order valence-corrected chi connectivity index (χ4v) is 3.34. The number of nitrogens with one attached hydrogen (secondary N) is 1. The number of hydrogen-bond acceptors (Lipinski definition) is 3. The predicted octanol–water partition coefficient (Wildman–Crippen LogP) is 4.15. The lowest BCUT2D eigenvalue weighted by atomic mass is 9.95. The molecule has 0 spiro atoms. The molecule has 3 N–H and O–H groups in total. The van der Waals surface area contributed by atoms with Gasteiger partial charge in [0.2, 0.25) is 5.91 Å². The smallest absolute Gasteiger partial charge is 0.240 e. The molecule has 3 aromatic rings. The molecule has 0 saturated carbocycles. The van der Waals surface area contributed by atoms with Gasteiger partial charge < -0.3 is 11.1 Å². The molecule has 2 aromatic carbocycles. The first-order valence-corrected chi connectivity index (χ1v) is 9.71. The van der Waals surface area contributed by atoms with Crippen molar-refractivity contribution in [3.05, 3.63) is 78.1 Å². The van der Waals surface area contributed by atoms with Crippen LogP contribution in [0.5, 0.6) is 0 Å². The minimum atomic E-state index is -0.835. The second-order valence-corrected chi connectivity index (χ2v) is 7.41. The molecule has 1 atom stereocenters. The van der Waals surface area contributed by atoms with Crippen LogP contribution in [0.15, 0.2) is 67.0 Å². The van der Waals surface area contributed by atoms with E-state index in [0.29, 0.717) is 13.0 Å². The summed E-state index contributed by atoms with van der Waals surface area (Å²) in [6.07, 6.45) is 5.28. The lowest BCUT2D eigenvalue weighted by molar-refractivity contribution is -0.126. The molecule has 0 bridgehead atoms. The Morgan fingerprint density at radius 3 is 2.52 bits per heavy atom. The molecule has 154 valence electrons. The van der Waals surface area contributed by atoms with Crippen LogP contribution in [0.25, 0.3) is 11.1 Å². The first-order valence-electron chi connectivity index (χ1n) is 9.71. The van der Waals surface area contributed by atoms with Gasteiger partial charge in [-0.1, -0.05) is 61.9 Å². The molecule has 0 saturated heterocycles. The molecule has 1 aromatic heterocycles. The highest BCUT2D eigenvalue weighted by molar-refractivity contribution is 5.86. The van der Waals surface area contributed by atoms with Crippen LogP contribution in [0.4, 0.5) is 0 Å². The monoisotopic (exact) mass is 412 g/mol. The second kappa shape index (κ2) is 10.2. The van der Waals surface area contributed by atoms with Gasteiger partial charge in [0.05, 0.1) is 12.1 Å². The maximum absolute atomic E-state index is 12.4. The number of halogens is 1. The van der Waals surface area contributed by atoms with E-state index in [0.717, 1.165) is 29.7 Å². The van der Waals surface area contributed by atoms with Crippen molar-refractivity contribution in [2.45, 2.75) is 45.3 Å². The van der Waals surface area contributed by atoms with E-state index in [1.807, 2.05) is 42.1 Å². The summed E-state index contributed by atoms with van der Waals surface area (Å²) in [6.45, 7) is 5.03. The van der Waals surface area contributed by atoms with E-state index >= 15 is 0 Å². The molecule has 0 aliphatic heterocycles. The van der Waals surface area contributed by atoms with Gasteiger partial charge in [0, 0.05) is 18.9 Å². The number of rotatable bonds is 8. The highest BCUT2D eigenvalue weighted by Gasteiger charge is 2.26. The van der Waals surface area contributed by atoms with Crippen LogP contribution in [0.3, 0.4) is 0 Å². The lowest BCUT2D eigenvalue weighted by Crippen LogP contribution is -2.51. The molecule has 5 nitrogen and oxygen atoms in total. The van der Waals surface area contributed by atoms with Crippen LogP contribution >= 0.6 is 12.4 Å². The molecule has 0 radical (unpaired) electrons. The van der Waals surface area contributed by atoms with Crippen LogP contribution < -0.4 is 11.1 Å². The second-order valence-electron chi connectivity index (χ2n) is 7.41. The summed E-state index contributed by atoms with van der Waals surface area (Å²) in [7, 11) is 0. The number of nitrogens with two attached hydrogens (primary N) is 1. The normalized spacial score (nSPS) is 12.7. The third-order valence-corrected chi connectivity index (χ3v) is 4.91. The SMILES string of the molecule is CCCC(C)(N)C(=O)NCc1ccccc1-c1ccc(Cn2cccn2)cc1.Cl. The zero-order valence-corrected chi connectivity index (χ0v) is 17.8. The van der Waals surface area contributed by atoms with E-state index < -0.39 is 5.54 Å². The molecule has 1 unspecified atom stereocenters. The summed E-state index contributed by atoms with van der Waals surface area (Å²) in [5.74, 6) is -0.112. The largest absolute Gasteiger partial charge is 0.350 e. The first-order chi connectivity index (χ1) is 13.5. The summed E-state index contributed by atoms with van der Waals surface area (Å²) in [5, 5.41) is 7.25. The van der Waals surface area contributed by atoms with Crippen LogP contribution in [0, 0.1) is 0 Å². The first kappa shape index (κ1) is 22.7. The van der Waals surface area contributed by atoms with Crippen molar-refractivity contribution in [1.29, 1.82) is 0 Å². The summed E-state index contributed by atoms with van der Waals surface area (Å²) in [5.41, 5.74) is 9.80. The number of benzene rings is 2. The maximum Gasteiger partial charge on any atom is 0.240 e. The Hall–Kier alpha value is -2.63. The van der Waals surface area contributed by atoms with E-state index in [1.165, 1.54) is 5.56 Å². The quantitative estimate of drug-likeness (QED) is 0.583. The van der Waals surface area contributed by atoms with Gasteiger partial charge >= 0.3 is 0 Å². The molecule has 1 heterocycles. The van der Waals surface area contributed by atoms with Crippen LogP contribution in [0.2, 0.25) is 0 Å². The Morgan fingerprint density at radius 1 is 1.14 bits per heavy atom. The van der Waals surface area contributed by atoms with Crippen LogP contribution in [-0.2, 0) is 17.9 Å². The topological polar surface area (TPSA) is 72.9 Å². The van der Waals surface area contributed by atoms with Gasteiger partial charge in [-0.15, -0.1) is 12.4 Å². The molecule has 1 amide bonds. The number of carbonyl (C=O) groups excluding carboxylic acids is 1. The fraction of sp³-hybridized carbons (Fsp3) is 0.304. The number of amides is 1. The van der Waals surface area contributed by atoms with Gasteiger partial charge in [0.1, 0.15) is 0 Å². The van der Waals surface area contributed by atoms with Crippen molar-refractivity contribution in [3.63, 3.8) is 0 Å². The third-order valence-electron chi connectivity index (χ3n) is 4.91. The summed E-state index contributed by atoms with van der Waals surface area (Å²) in [6, 6.07) is 18.5. The molecular weight excluding hydrogens is 384 g/mol. The Bertz CT molecular complexity index is 905. The van der Waals surface area contributed by atoms with Crippen molar-refractivity contribution < 1.29 is 4.79 Å². The van der Waals surface area contributed by atoms with E-state index in [9.17, 15) is 4.79 Å². The third kappa shape index (κ3) is 5.92. The van der Waals surface area contributed by atoms with E-state index in [1.54, 1.807) is 13.1 Å². The van der Waals surface area contributed by atoms with E-state index in [4.69, 9.17) is 5.73 Å². The Kier molecular flexibility index (Phi) is 8.00. The number of carbonyl (C=O) groups is 1. The molecule has 6 heteroatoms. The average molecular weight is 413 g/mol. The van der Waals surface area contributed by atoms with Crippen molar-refractivity contribution in [2.24, 2.45) is 5.73 Å². The zero-order valence-electron chi connectivity index (χ0n) is 17.0. The van der Waals surface area contributed by atoms with Crippen LogP contribution in [-0.4, -0.2) is 21.2 Å². The minimum absolute atomic E-state index is 0. The van der Waals surface area contributed by atoms with Crippen molar-refractivity contribution in [3.8, 4) is 11.1 Å². The van der Waals surface area contributed by atoms with Gasteiger partial charge in [-0.25, -0.2) is 0 Å². The highest BCUT2D eigenvalue weighted by atomic mass is 35.5. The van der Waals surface area contributed by atoms with Gasteiger partial charge in [-0.3, -0.25) is 9.48 Å². The van der Waals surface area contributed by atoms with E-state index in [-0.39, 0.29) is 18.3 Å². The maximum atomic E-state index is 12.4. The Balaban J connectivity index is 0.00000300.